The minimum absolute atomic E-state index is 0.000506. The molecule has 1 aromatic carbocycles. The zero-order valence-electron chi connectivity index (χ0n) is 17.1. The molecule has 1 aromatic rings. The molecule has 0 aromatic heterocycles. The lowest BCUT2D eigenvalue weighted by Gasteiger charge is -2.47. The normalized spacial score (nSPS) is 33.3. The van der Waals surface area contributed by atoms with Crippen LogP contribution in [0.3, 0.4) is 0 Å². The maximum atomic E-state index is 10.5. The fraction of sp³-hybridized carbons (Fsp3) is 0.714. The molecule has 7 atom stereocenters. The summed E-state index contributed by atoms with van der Waals surface area (Å²) < 4.78 is 28.0. The average Bonchev–Trinajstić information content (AvgIpc) is 2.71. The van der Waals surface area contributed by atoms with Crippen molar-refractivity contribution in [3.63, 3.8) is 0 Å². The Balaban J connectivity index is 1.50. The van der Waals surface area contributed by atoms with Crippen LogP contribution in [0.1, 0.15) is 32.3 Å². The minimum atomic E-state index is -1.28. The summed E-state index contributed by atoms with van der Waals surface area (Å²) in [6.07, 6.45) is -4.79. The number of methoxy groups -OCH3 is 1. The summed E-state index contributed by atoms with van der Waals surface area (Å²) in [5.41, 5.74) is 0.931. The van der Waals surface area contributed by atoms with Gasteiger partial charge in [-0.15, -0.1) is 0 Å². The number of hydrogen-bond acceptors (Lipinski definition) is 8. The van der Waals surface area contributed by atoms with Crippen LogP contribution in [0.25, 0.3) is 0 Å². The third-order valence-electron chi connectivity index (χ3n) is 5.24. The van der Waals surface area contributed by atoms with Gasteiger partial charge in [0.15, 0.2) is 6.29 Å². The van der Waals surface area contributed by atoms with Crippen molar-refractivity contribution in [3.05, 3.63) is 29.8 Å². The molecule has 2 saturated heterocycles. The molecule has 29 heavy (non-hydrogen) atoms. The molecule has 0 unspecified atom stereocenters. The Kier molecular flexibility index (Phi) is 7.86. The van der Waals surface area contributed by atoms with Gasteiger partial charge in [0.25, 0.3) is 0 Å². The quantitative estimate of drug-likeness (QED) is 0.580. The van der Waals surface area contributed by atoms with E-state index in [0.717, 1.165) is 11.3 Å². The number of fused-ring (bicyclic) bond motifs is 1. The Hall–Kier alpha value is -1.26. The second-order valence-corrected chi connectivity index (χ2v) is 7.84. The summed E-state index contributed by atoms with van der Waals surface area (Å²) in [5, 5.41) is 31.5. The molecule has 2 heterocycles. The topological polar surface area (TPSA) is 107 Å². The number of benzene rings is 1. The zero-order valence-corrected chi connectivity index (χ0v) is 17.1. The van der Waals surface area contributed by atoms with Gasteiger partial charge < -0.3 is 39.0 Å². The van der Waals surface area contributed by atoms with Gasteiger partial charge in [-0.1, -0.05) is 12.1 Å². The molecular weight excluding hydrogens is 380 g/mol. The van der Waals surface area contributed by atoms with Gasteiger partial charge in [0, 0.05) is 6.42 Å². The molecule has 0 aliphatic carbocycles. The lowest BCUT2D eigenvalue weighted by atomic mass is 9.89. The van der Waals surface area contributed by atoms with E-state index in [0.29, 0.717) is 19.4 Å². The lowest BCUT2D eigenvalue weighted by molar-refractivity contribution is -0.315. The number of rotatable bonds is 8. The molecule has 164 valence electrons. The summed E-state index contributed by atoms with van der Waals surface area (Å²) in [7, 11) is 1.60. The van der Waals surface area contributed by atoms with Crippen LogP contribution in [-0.2, 0) is 25.6 Å². The van der Waals surface area contributed by atoms with Crippen LogP contribution in [0, 0.1) is 0 Å². The Morgan fingerprint density at radius 1 is 1.07 bits per heavy atom. The number of ether oxygens (including phenoxy) is 5. The van der Waals surface area contributed by atoms with E-state index in [9.17, 15) is 15.3 Å². The van der Waals surface area contributed by atoms with Crippen LogP contribution in [0.2, 0.25) is 0 Å². The molecule has 0 saturated carbocycles. The van der Waals surface area contributed by atoms with Crippen LogP contribution in [0.15, 0.2) is 24.3 Å². The van der Waals surface area contributed by atoms with Gasteiger partial charge in [0.2, 0.25) is 0 Å². The Morgan fingerprint density at radius 2 is 1.79 bits per heavy atom. The van der Waals surface area contributed by atoms with Gasteiger partial charge >= 0.3 is 0 Å². The molecule has 8 nitrogen and oxygen atoms in total. The van der Waals surface area contributed by atoms with Crippen molar-refractivity contribution in [3.8, 4) is 5.75 Å². The highest BCUT2D eigenvalue weighted by Gasteiger charge is 2.50. The molecule has 3 rings (SSSR count). The van der Waals surface area contributed by atoms with E-state index in [1.54, 1.807) is 7.11 Å². The summed E-state index contributed by atoms with van der Waals surface area (Å²) in [5.74, 6) is 0.756. The highest BCUT2D eigenvalue weighted by atomic mass is 16.7. The van der Waals surface area contributed by atoms with Crippen LogP contribution in [0.4, 0.5) is 0 Å². The van der Waals surface area contributed by atoms with E-state index in [2.05, 4.69) is 0 Å². The van der Waals surface area contributed by atoms with Gasteiger partial charge in [-0.2, -0.15) is 0 Å². The van der Waals surface area contributed by atoms with Crippen LogP contribution in [0.5, 0.6) is 5.75 Å². The molecule has 2 aliphatic heterocycles. The van der Waals surface area contributed by atoms with Crippen molar-refractivity contribution < 1.29 is 39.0 Å². The SMILES string of the molecule is COc1ccc(COC[C@H](O)[C@@H]2O[C@H]3CC[C@@H](OC(C)C)O[C@@H]3[C@H](O)[C@@H]2O)cc1. The molecule has 0 amide bonds. The van der Waals surface area contributed by atoms with Crippen molar-refractivity contribution in [2.24, 2.45) is 0 Å². The minimum Gasteiger partial charge on any atom is -0.497 e. The van der Waals surface area contributed by atoms with E-state index >= 15 is 0 Å². The maximum absolute atomic E-state index is 10.5. The Bertz CT molecular complexity index is 620. The predicted octanol–water partition coefficient (Wildman–Crippen LogP) is 0.992. The first-order valence-corrected chi connectivity index (χ1v) is 10.1. The monoisotopic (exact) mass is 412 g/mol. The average molecular weight is 412 g/mol. The molecular formula is C21H32O8. The highest BCUT2D eigenvalue weighted by molar-refractivity contribution is 5.26. The van der Waals surface area contributed by atoms with Gasteiger partial charge in [0.05, 0.1) is 32.5 Å². The van der Waals surface area contributed by atoms with Crippen LogP contribution >= 0.6 is 0 Å². The largest absolute Gasteiger partial charge is 0.497 e. The highest BCUT2D eigenvalue weighted by Crippen LogP contribution is 2.33. The molecule has 2 aliphatic rings. The zero-order chi connectivity index (χ0) is 21.0. The number of aliphatic hydroxyl groups excluding tert-OH is 3. The first-order valence-electron chi connectivity index (χ1n) is 10.1. The van der Waals surface area contributed by atoms with Crippen molar-refractivity contribution in [1.29, 1.82) is 0 Å². The smallest absolute Gasteiger partial charge is 0.158 e. The third-order valence-corrected chi connectivity index (χ3v) is 5.24. The molecule has 8 heteroatoms. The first-order chi connectivity index (χ1) is 13.9. The van der Waals surface area contributed by atoms with Crippen LogP contribution in [-0.4, -0.2) is 78.1 Å². The summed E-state index contributed by atoms with van der Waals surface area (Å²) in [4.78, 5) is 0. The summed E-state index contributed by atoms with van der Waals surface area (Å²) in [6.45, 7) is 4.10. The van der Waals surface area contributed by atoms with Crippen molar-refractivity contribution in [2.75, 3.05) is 13.7 Å². The Morgan fingerprint density at radius 3 is 2.45 bits per heavy atom. The number of aliphatic hydroxyl groups is 3. The second kappa shape index (κ2) is 10.2. The van der Waals surface area contributed by atoms with E-state index in [1.807, 2.05) is 38.1 Å². The van der Waals surface area contributed by atoms with Crippen molar-refractivity contribution in [1.82, 2.24) is 0 Å². The maximum Gasteiger partial charge on any atom is 0.158 e. The lowest BCUT2D eigenvalue weighted by Crippen LogP contribution is -2.64. The fourth-order valence-electron chi connectivity index (χ4n) is 3.75. The Labute approximate surface area is 171 Å². The van der Waals surface area contributed by atoms with E-state index in [4.69, 9.17) is 23.7 Å². The van der Waals surface area contributed by atoms with Gasteiger partial charge in [-0.05, 0) is 38.0 Å². The second-order valence-electron chi connectivity index (χ2n) is 7.84. The molecule has 3 N–H and O–H groups in total. The summed E-state index contributed by atoms with van der Waals surface area (Å²) >= 11 is 0. The van der Waals surface area contributed by atoms with Crippen LogP contribution < -0.4 is 4.74 Å². The predicted molar refractivity (Wildman–Crippen MR) is 103 cm³/mol. The van der Waals surface area contributed by atoms with Gasteiger partial charge in [0.1, 0.15) is 36.3 Å². The van der Waals surface area contributed by atoms with E-state index < -0.39 is 42.9 Å². The molecule has 0 radical (unpaired) electrons. The number of hydrogen-bond donors (Lipinski definition) is 3. The molecule has 0 bridgehead atoms. The van der Waals surface area contributed by atoms with E-state index in [-0.39, 0.29) is 12.7 Å². The van der Waals surface area contributed by atoms with Crippen molar-refractivity contribution >= 4 is 0 Å². The van der Waals surface area contributed by atoms with E-state index in [1.165, 1.54) is 0 Å². The standard InChI is InChI=1S/C21H32O8/c1-12(2)27-17-9-8-16-21(29-17)19(24)18(23)20(28-16)15(22)11-26-10-13-4-6-14(25-3)7-5-13/h4-7,12,15-24H,8-11H2,1-3H3/t15-,16-,17-,18-,19+,20-,21-/m0/s1. The third kappa shape index (κ3) is 5.67. The summed E-state index contributed by atoms with van der Waals surface area (Å²) in [6, 6.07) is 7.42. The fourth-order valence-corrected chi connectivity index (χ4v) is 3.75. The van der Waals surface area contributed by atoms with Gasteiger partial charge in [-0.3, -0.25) is 0 Å². The van der Waals surface area contributed by atoms with Crippen molar-refractivity contribution in [2.45, 2.75) is 82.3 Å². The van der Waals surface area contributed by atoms with Gasteiger partial charge in [-0.25, -0.2) is 0 Å². The molecule has 2 fully saturated rings. The molecule has 0 spiro atoms. The first kappa shape index (κ1) is 22.4.